The number of rotatable bonds is 7. The summed E-state index contributed by atoms with van der Waals surface area (Å²) in [6.45, 7) is 0. The van der Waals surface area contributed by atoms with Gasteiger partial charge >= 0.3 is 0 Å². The van der Waals surface area contributed by atoms with Crippen LogP contribution in [-0.4, -0.2) is 11.6 Å². The predicted molar refractivity (Wildman–Crippen MR) is 177 cm³/mol. The predicted octanol–water partition coefficient (Wildman–Crippen LogP) is 10.0. The molecule has 0 aliphatic carbocycles. The van der Waals surface area contributed by atoms with E-state index >= 15 is 0 Å². The number of nitrogen functional groups attached to an aromatic ring is 1. The highest BCUT2D eigenvalue weighted by molar-refractivity contribution is 6.32. The smallest absolute Gasteiger partial charge is 0.195 e. The lowest BCUT2D eigenvalue weighted by atomic mass is 9.77. The van der Waals surface area contributed by atoms with E-state index < -0.39 is 0 Å². The molecule has 5 heteroatoms. The molecule has 0 aliphatic heterocycles. The molecule has 208 valence electrons. The largest absolute Gasteiger partial charge is 0.398 e. The Morgan fingerprint density at radius 3 is 1.19 bits per heavy atom. The van der Waals surface area contributed by atoms with Gasteiger partial charge in [0.15, 0.2) is 11.6 Å². The summed E-state index contributed by atoms with van der Waals surface area (Å²) in [6, 6.07) is 42.2. The lowest BCUT2D eigenvalue weighted by Gasteiger charge is -2.25. The SMILES string of the molecule is Nc1c(C(=O)c2ccc(Cl)cc2)c(-c2ccccc2)c(C(=O)c2ccc(Cl)cc2)c(-c2ccccc2)c1-c1ccccc1. The Kier molecular flexibility index (Phi) is 7.93. The van der Waals surface area contributed by atoms with Gasteiger partial charge in [-0.1, -0.05) is 114 Å². The fourth-order valence-corrected chi connectivity index (χ4v) is 5.67. The highest BCUT2D eigenvalue weighted by atomic mass is 35.5. The Morgan fingerprint density at radius 2 is 0.767 bits per heavy atom. The summed E-state index contributed by atoms with van der Waals surface area (Å²) in [5.41, 5.74) is 12.9. The quantitative estimate of drug-likeness (QED) is 0.147. The molecule has 0 spiro atoms. The maximum absolute atomic E-state index is 14.8. The molecule has 0 fully saturated rings. The molecular formula is C38H25Cl2NO2. The first-order chi connectivity index (χ1) is 20.9. The summed E-state index contributed by atoms with van der Waals surface area (Å²) in [6.07, 6.45) is 0. The van der Waals surface area contributed by atoms with Crippen molar-refractivity contribution in [1.82, 2.24) is 0 Å². The molecule has 0 atom stereocenters. The zero-order chi connectivity index (χ0) is 29.9. The summed E-state index contributed by atoms with van der Waals surface area (Å²) >= 11 is 12.4. The van der Waals surface area contributed by atoms with Crippen molar-refractivity contribution >= 4 is 40.5 Å². The van der Waals surface area contributed by atoms with Crippen LogP contribution in [0.2, 0.25) is 10.0 Å². The van der Waals surface area contributed by atoms with Gasteiger partial charge in [0, 0.05) is 43.4 Å². The van der Waals surface area contributed by atoms with Crippen molar-refractivity contribution in [3.8, 4) is 33.4 Å². The number of carbonyl (C=O) groups is 2. The van der Waals surface area contributed by atoms with Crippen LogP contribution >= 0.6 is 23.2 Å². The van der Waals surface area contributed by atoms with Gasteiger partial charge in [-0.05, 0) is 65.2 Å². The first kappa shape index (κ1) is 28.2. The fourth-order valence-electron chi connectivity index (χ4n) is 5.42. The Labute approximate surface area is 260 Å². The van der Waals surface area contributed by atoms with Gasteiger partial charge in [-0.15, -0.1) is 0 Å². The Balaban J connectivity index is 1.83. The summed E-state index contributed by atoms with van der Waals surface area (Å²) in [4.78, 5) is 29.3. The van der Waals surface area contributed by atoms with Crippen molar-refractivity contribution in [2.45, 2.75) is 0 Å². The van der Waals surface area contributed by atoms with Gasteiger partial charge < -0.3 is 5.73 Å². The van der Waals surface area contributed by atoms with Crippen LogP contribution in [-0.2, 0) is 0 Å². The molecule has 0 heterocycles. The molecule has 0 aliphatic rings. The highest BCUT2D eigenvalue weighted by Crippen LogP contribution is 2.48. The van der Waals surface area contributed by atoms with Crippen molar-refractivity contribution in [1.29, 1.82) is 0 Å². The topological polar surface area (TPSA) is 60.2 Å². The summed E-state index contributed by atoms with van der Waals surface area (Å²) < 4.78 is 0. The van der Waals surface area contributed by atoms with E-state index in [9.17, 15) is 9.59 Å². The number of hydrogen-bond donors (Lipinski definition) is 1. The van der Waals surface area contributed by atoms with Crippen molar-refractivity contribution in [3.05, 3.63) is 172 Å². The number of hydrogen-bond acceptors (Lipinski definition) is 3. The number of benzene rings is 6. The first-order valence-corrected chi connectivity index (χ1v) is 14.5. The summed E-state index contributed by atoms with van der Waals surface area (Å²) in [7, 11) is 0. The molecule has 0 saturated heterocycles. The molecule has 0 amide bonds. The van der Waals surface area contributed by atoms with Crippen LogP contribution in [0.1, 0.15) is 31.8 Å². The minimum absolute atomic E-state index is 0.253. The fraction of sp³-hybridized carbons (Fsp3) is 0. The number of halogens is 2. The van der Waals surface area contributed by atoms with Gasteiger partial charge in [-0.3, -0.25) is 9.59 Å². The molecule has 0 aromatic heterocycles. The normalized spacial score (nSPS) is 10.8. The lowest BCUT2D eigenvalue weighted by molar-refractivity contribution is 0.103. The zero-order valence-electron chi connectivity index (χ0n) is 22.9. The van der Waals surface area contributed by atoms with Crippen molar-refractivity contribution in [2.75, 3.05) is 5.73 Å². The van der Waals surface area contributed by atoms with Crippen LogP contribution in [0.25, 0.3) is 33.4 Å². The monoisotopic (exact) mass is 597 g/mol. The van der Waals surface area contributed by atoms with E-state index in [0.717, 1.165) is 11.1 Å². The first-order valence-electron chi connectivity index (χ1n) is 13.7. The van der Waals surface area contributed by atoms with Gasteiger partial charge in [0.1, 0.15) is 0 Å². The van der Waals surface area contributed by atoms with Crippen molar-refractivity contribution < 1.29 is 9.59 Å². The van der Waals surface area contributed by atoms with Crippen LogP contribution in [0.4, 0.5) is 5.69 Å². The molecule has 0 bridgehead atoms. The molecular weight excluding hydrogens is 573 g/mol. The average Bonchev–Trinajstić information content (AvgIpc) is 3.05. The number of nitrogens with two attached hydrogens (primary N) is 1. The van der Waals surface area contributed by atoms with E-state index in [1.165, 1.54) is 0 Å². The molecule has 0 radical (unpaired) electrons. The van der Waals surface area contributed by atoms with E-state index in [1.54, 1.807) is 48.5 Å². The van der Waals surface area contributed by atoms with Crippen LogP contribution < -0.4 is 5.73 Å². The van der Waals surface area contributed by atoms with Crippen molar-refractivity contribution in [3.63, 3.8) is 0 Å². The van der Waals surface area contributed by atoms with Gasteiger partial charge in [-0.25, -0.2) is 0 Å². The van der Waals surface area contributed by atoms with Gasteiger partial charge in [-0.2, -0.15) is 0 Å². The number of ketones is 2. The van der Waals surface area contributed by atoms with E-state index in [1.807, 2.05) is 91.0 Å². The minimum Gasteiger partial charge on any atom is -0.398 e. The second-order valence-corrected chi connectivity index (χ2v) is 10.9. The molecule has 3 nitrogen and oxygen atoms in total. The second kappa shape index (κ2) is 12.1. The van der Waals surface area contributed by atoms with Crippen LogP contribution in [0, 0.1) is 0 Å². The third-order valence-corrected chi connectivity index (χ3v) is 7.90. The highest BCUT2D eigenvalue weighted by Gasteiger charge is 2.32. The van der Waals surface area contributed by atoms with E-state index in [2.05, 4.69) is 0 Å². The molecule has 6 aromatic carbocycles. The second-order valence-electron chi connectivity index (χ2n) is 10.1. The standard InChI is InChI=1S/C38H25Cl2NO2/c39-29-20-16-27(17-21-29)37(42)34-31(24-10-4-1-5-11-24)33(26-14-8-3-9-15-26)36(41)35(32(34)25-12-6-2-7-13-25)38(43)28-18-22-30(40)23-19-28/h1-23H,41H2. The average molecular weight is 599 g/mol. The van der Waals surface area contributed by atoms with Crippen LogP contribution in [0.15, 0.2) is 140 Å². The maximum atomic E-state index is 14.8. The van der Waals surface area contributed by atoms with E-state index in [0.29, 0.717) is 49.0 Å². The van der Waals surface area contributed by atoms with Gasteiger partial charge in [0.2, 0.25) is 0 Å². The molecule has 6 rings (SSSR count). The van der Waals surface area contributed by atoms with Crippen molar-refractivity contribution in [2.24, 2.45) is 0 Å². The molecule has 0 unspecified atom stereocenters. The molecule has 0 saturated carbocycles. The maximum Gasteiger partial charge on any atom is 0.195 e. The summed E-state index contributed by atoms with van der Waals surface area (Å²) in [5.74, 6) is -0.563. The third kappa shape index (κ3) is 5.49. The van der Waals surface area contributed by atoms with Gasteiger partial charge in [0.05, 0.1) is 11.3 Å². The van der Waals surface area contributed by atoms with Gasteiger partial charge in [0.25, 0.3) is 0 Å². The Morgan fingerprint density at radius 1 is 0.419 bits per heavy atom. The van der Waals surface area contributed by atoms with E-state index in [4.69, 9.17) is 28.9 Å². The number of carbonyl (C=O) groups excluding carboxylic acids is 2. The Bertz CT molecular complexity index is 1940. The third-order valence-electron chi connectivity index (χ3n) is 7.39. The minimum atomic E-state index is -0.310. The molecule has 43 heavy (non-hydrogen) atoms. The van der Waals surface area contributed by atoms with Crippen LogP contribution in [0.3, 0.4) is 0 Å². The molecule has 2 N–H and O–H groups in total. The summed E-state index contributed by atoms with van der Waals surface area (Å²) in [5, 5.41) is 1.03. The van der Waals surface area contributed by atoms with E-state index in [-0.39, 0.29) is 22.8 Å². The Hall–Kier alpha value is -4.96. The molecule has 6 aromatic rings. The zero-order valence-corrected chi connectivity index (χ0v) is 24.4. The lowest BCUT2D eigenvalue weighted by Crippen LogP contribution is -2.16. The van der Waals surface area contributed by atoms with Crippen LogP contribution in [0.5, 0.6) is 0 Å². The number of anilines is 1.